The van der Waals surface area contributed by atoms with Gasteiger partial charge in [-0.25, -0.2) is 13.4 Å². The lowest BCUT2D eigenvalue weighted by molar-refractivity contribution is 0.174. The number of hydrogen-bond acceptors (Lipinski definition) is 6. The number of ether oxygens (including phenoxy) is 3. The first-order valence-electron chi connectivity index (χ1n) is 6.01. The molecular formula is C13H12N2O5S. The largest absolute Gasteiger partial charge is 0.481 e. The van der Waals surface area contributed by atoms with Crippen molar-refractivity contribution in [1.82, 2.24) is 4.98 Å². The third kappa shape index (κ3) is 2.70. The summed E-state index contributed by atoms with van der Waals surface area (Å²) in [6, 6.07) is 7.56. The number of rotatable bonds is 4. The average molecular weight is 308 g/mol. The number of methoxy groups -OCH3 is 1. The molecule has 21 heavy (non-hydrogen) atoms. The third-order valence-corrected chi connectivity index (χ3v) is 4.23. The van der Waals surface area contributed by atoms with E-state index < -0.39 is 10.0 Å². The molecule has 2 aromatic rings. The number of nitrogens with zero attached hydrogens (tertiary/aromatic N) is 1. The zero-order chi connectivity index (χ0) is 14.9. The van der Waals surface area contributed by atoms with Crippen molar-refractivity contribution in [3.05, 3.63) is 36.5 Å². The van der Waals surface area contributed by atoms with Gasteiger partial charge in [0.1, 0.15) is 0 Å². The van der Waals surface area contributed by atoms with E-state index in [2.05, 4.69) is 9.71 Å². The highest BCUT2D eigenvalue weighted by Gasteiger charge is 2.20. The van der Waals surface area contributed by atoms with E-state index >= 15 is 0 Å². The Morgan fingerprint density at radius 2 is 2.00 bits per heavy atom. The summed E-state index contributed by atoms with van der Waals surface area (Å²) in [7, 11) is -2.24. The van der Waals surface area contributed by atoms with Crippen LogP contribution in [0.3, 0.4) is 0 Å². The highest BCUT2D eigenvalue weighted by molar-refractivity contribution is 7.92. The Kier molecular flexibility index (Phi) is 3.30. The molecule has 0 unspecified atom stereocenters. The van der Waals surface area contributed by atoms with Gasteiger partial charge in [-0.3, -0.25) is 4.72 Å². The van der Waals surface area contributed by atoms with Crippen molar-refractivity contribution >= 4 is 15.7 Å². The standard InChI is InChI=1S/C13H12N2O5S/c1-18-13-5-2-9(7-14-13)15-21(16,17)10-3-4-11-12(6-10)20-8-19-11/h2-7,15H,8H2,1H3. The van der Waals surface area contributed by atoms with Gasteiger partial charge in [-0.1, -0.05) is 0 Å². The molecule has 1 aliphatic heterocycles. The molecule has 2 heterocycles. The first-order chi connectivity index (χ1) is 10.1. The highest BCUT2D eigenvalue weighted by atomic mass is 32.2. The maximum Gasteiger partial charge on any atom is 0.262 e. The van der Waals surface area contributed by atoms with Crippen LogP contribution in [-0.2, 0) is 10.0 Å². The molecule has 8 heteroatoms. The van der Waals surface area contributed by atoms with Gasteiger partial charge in [0.15, 0.2) is 11.5 Å². The van der Waals surface area contributed by atoms with E-state index in [9.17, 15) is 8.42 Å². The van der Waals surface area contributed by atoms with Crippen molar-refractivity contribution in [2.45, 2.75) is 4.90 Å². The molecule has 0 spiro atoms. The van der Waals surface area contributed by atoms with Gasteiger partial charge in [-0.2, -0.15) is 0 Å². The Morgan fingerprint density at radius 3 is 2.71 bits per heavy atom. The van der Waals surface area contributed by atoms with E-state index in [1.807, 2.05) is 0 Å². The van der Waals surface area contributed by atoms with Gasteiger partial charge < -0.3 is 14.2 Å². The van der Waals surface area contributed by atoms with Gasteiger partial charge in [0.25, 0.3) is 10.0 Å². The smallest absolute Gasteiger partial charge is 0.262 e. The van der Waals surface area contributed by atoms with Crippen LogP contribution in [0, 0.1) is 0 Å². The molecule has 1 N–H and O–H groups in total. The minimum absolute atomic E-state index is 0.0857. The second-order valence-electron chi connectivity index (χ2n) is 4.21. The number of anilines is 1. The number of fused-ring (bicyclic) bond motifs is 1. The number of sulfonamides is 1. The number of aromatic nitrogens is 1. The van der Waals surface area contributed by atoms with Crippen molar-refractivity contribution in [1.29, 1.82) is 0 Å². The number of benzene rings is 1. The van der Waals surface area contributed by atoms with Crippen molar-refractivity contribution in [3.63, 3.8) is 0 Å². The van der Waals surface area contributed by atoms with Gasteiger partial charge in [-0.05, 0) is 18.2 Å². The molecule has 110 valence electrons. The highest BCUT2D eigenvalue weighted by Crippen LogP contribution is 2.34. The lowest BCUT2D eigenvalue weighted by atomic mass is 10.3. The number of hydrogen-bond donors (Lipinski definition) is 1. The lowest BCUT2D eigenvalue weighted by Gasteiger charge is -2.08. The van der Waals surface area contributed by atoms with Crippen molar-refractivity contribution < 1.29 is 22.6 Å². The van der Waals surface area contributed by atoms with Crippen LogP contribution in [-0.4, -0.2) is 27.3 Å². The van der Waals surface area contributed by atoms with Crippen LogP contribution >= 0.6 is 0 Å². The minimum atomic E-state index is -3.72. The predicted molar refractivity (Wildman–Crippen MR) is 74.2 cm³/mol. The van der Waals surface area contributed by atoms with E-state index in [0.29, 0.717) is 23.1 Å². The minimum Gasteiger partial charge on any atom is -0.481 e. The second kappa shape index (κ2) is 5.13. The zero-order valence-corrected chi connectivity index (χ0v) is 11.9. The average Bonchev–Trinajstić information content (AvgIpc) is 2.95. The summed E-state index contributed by atoms with van der Waals surface area (Å²) in [5.41, 5.74) is 0.341. The molecule has 1 aromatic carbocycles. The van der Waals surface area contributed by atoms with Crippen LogP contribution in [0.4, 0.5) is 5.69 Å². The molecule has 0 bridgehead atoms. The van der Waals surface area contributed by atoms with Crippen molar-refractivity contribution in [2.24, 2.45) is 0 Å². The summed E-state index contributed by atoms with van der Waals surface area (Å²) >= 11 is 0. The quantitative estimate of drug-likeness (QED) is 0.923. The Balaban J connectivity index is 1.86. The van der Waals surface area contributed by atoms with Gasteiger partial charge in [-0.15, -0.1) is 0 Å². The molecule has 0 saturated heterocycles. The van der Waals surface area contributed by atoms with Crippen molar-refractivity contribution in [2.75, 3.05) is 18.6 Å². The molecule has 0 aliphatic carbocycles. The fourth-order valence-corrected chi connectivity index (χ4v) is 2.88. The van der Waals surface area contributed by atoms with E-state index in [0.717, 1.165) is 0 Å². The molecular weight excluding hydrogens is 296 g/mol. The summed E-state index contributed by atoms with van der Waals surface area (Å²) in [6.07, 6.45) is 1.38. The van der Waals surface area contributed by atoms with Gasteiger partial charge in [0.05, 0.1) is 23.9 Å². The van der Waals surface area contributed by atoms with Crippen molar-refractivity contribution in [3.8, 4) is 17.4 Å². The molecule has 0 radical (unpaired) electrons. The monoisotopic (exact) mass is 308 g/mol. The third-order valence-electron chi connectivity index (χ3n) is 2.85. The molecule has 0 saturated carbocycles. The van der Waals surface area contributed by atoms with Crippen LogP contribution in [0.5, 0.6) is 17.4 Å². The molecule has 7 nitrogen and oxygen atoms in total. The van der Waals surface area contributed by atoms with Gasteiger partial charge >= 0.3 is 0 Å². The Morgan fingerprint density at radius 1 is 1.19 bits per heavy atom. The fraction of sp³-hybridized carbons (Fsp3) is 0.154. The summed E-state index contributed by atoms with van der Waals surface area (Å²) in [5.74, 6) is 1.34. The number of nitrogens with one attached hydrogen (secondary N) is 1. The van der Waals surface area contributed by atoms with E-state index in [1.165, 1.54) is 25.4 Å². The van der Waals surface area contributed by atoms with Crippen LogP contribution in [0.15, 0.2) is 41.4 Å². The SMILES string of the molecule is COc1ccc(NS(=O)(=O)c2ccc3c(c2)OCO3)cn1. The lowest BCUT2D eigenvalue weighted by Crippen LogP contribution is -2.13. The normalized spacial score (nSPS) is 13.0. The second-order valence-corrected chi connectivity index (χ2v) is 5.89. The Hall–Kier alpha value is -2.48. The molecule has 0 atom stereocenters. The maximum absolute atomic E-state index is 12.3. The van der Waals surface area contributed by atoms with E-state index in [-0.39, 0.29) is 11.7 Å². The first kappa shape index (κ1) is 13.5. The van der Waals surface area contributed by atoms with Gasteiger partial charge in [0.2, 0.25) is 12.7 Å². The summed E-state index contributed by atoms with van der Waals surface area (Å²) < 4.78 is 42.2. The maximum atomic E-state index is 12.3. The van der Waals surface area contributed by atoms with E-state index in [4.69, 9.17) is 14.2 Å². The van der Waals surface area contributed by atoms with E-state index in [1.54, 1.807) is 18.2 Å². The summed E-state index contributed by atoms with van der Waals surface area (Å²) in [4.78, 5) is 4.02. The summed E-state index contributed by atoms with van der Waals surface area (Å²) in [5, 5.41) is 0. The molecule has 3 rings (SSSR count). The van der Waals surface area contributed by atoms with Gasteiger partial charge in [0, 0.05) is 12.1 Å². The van der Waals surface area contributed by atoms with Crippen LogP contribution in [0.25, 0.3) is 0 Å². The van der Waals surface area contributed by atoms with Crippen LogP contribution in [0.1, 0.15) is 0 Å². The molecule has 1 aromatic heterocycles. The Bertz CT molecular complexity index is 759. The molecule has 0 fully saturated rings. The Labute approximate surface area is 121 Å². The first-order valence-corrected chi connectivity index (χ1v) is 7.49. The molecule has 0 amide bonds. The number of pyridine rings is 1. The molecule has 1 aliphatic rings. The summed E-state index contributed by atoms with van der Waals surface area (Å²) in [6.45, 7) is 0.0919. The zero-order valence-electron chi connectivity index (χ0n) is 11.1. The predicted octanol–water partition coefficient (Wildman–Crippen LogP) is 1.62. The van der Waals surface area contributed by atoms with Crippen LogP contribution in [0.2, 0.25) is 0 Å². The van der Waals surface area contributed by atoms with Crippen LogP contribution < -0.4 is 18.9 Å². The fourth-order valence-electron chi connectivity index (χ4n) is 1.82. The topological polar surface area (TPSA) is 86.8 Å².